The summed E-state index contributed by atoms with van der Waals surface area (Å²) in [6.45, 7) is 1.92. The molecule has 4 nitrogen and oxygen atoms in total. The Kier molecular flexibility index (Phi) is 3.99. The summed E-state index contributed by atoms with van der Waals surface area (Å²) in [6, 6.07) is 9.08. The number of amides is 1. The Balaban J connectivity index is 1.89. The maximum Gasteiger partial charge on any atom is 0.241 e. The van der Waals surface area contributed by atoms with Crippen molar-refractivity contribution in [2.45, 2.75) is 37.8 Å². The van der Waals surface area contributed by atoms with Gasteiger partial charge in [-0.25, -0.2) is 0 Å². The molecule has 98 valence electrons. The van der Waals surface area contributed by atoms with Gasteiger partial charge < -0.3 is 10.4 Å². The first-order valence-corrected chi connectivity index (χ1v) is 6.40. The van der Waals surface area contributed by atoms with Crippen molar-refractivity contribution in [3.05, 3.63) is 30.3 Å². The fourth-order valence-corrected chi connectivity index (χ4v) is 2.25. The molecule has 0 saturated heterocycles. The molecule has 1 aromatic carbocycles. The smallest absolute Gasteiger partial charge is 0.241 e. The van der Waals surface area contributed by atoms with Crippen LogP contribution in [-0.2, 0) is 4.79 Å². The summed E-state index contributed by atoms with van der Waals surface area (Å²) in [5.74, 6) is -0.0686. The van der Waals surface area contributed by atoms with Gasteiger partial charge in [-0.1, -0.05) is 18.2 Å². The molecule has 0 spiro atoms. The standard InChI is InChI=1S/C14H20N2O2/c1-11(16-14(10-17)8-5-9-14)13(18)15-12-6-3-2-4-7-12/h2-4,6-7,11,16-17H,5,8-10H2,1H3,(H,15,18). The third-order valence-electron chi connectivity index (χ3n) is 3.57. The Morgan fingerprint density at radius 3 is 2.56 bits per heavy atom. The van der Waals surface area contributed by atoms with Crippen molar-refractivity contribution in [1.29, 1.82) is 0 Å². The number of hydrogen-bond acceptors (Lipinski definition) is 3. The summed E-state index contributed by atoms with van der Waals surface area (Å²) in [7, 11) is 0. The molecule has 0 bridgehead atoms. The summed E-state index contributed by atoms with van der Waals surface area (Å²) < 4.78 is 0. The number of aliphatic hydroxyl groups is 1. The first-order valence-electron chi connectivity index (χ1n) is 6.40. The van der Waals surface area contributed by atoms with Crippen molar-refractivity contribution in [2.24, 2.45) is 0 Å². The monoisotopic (exact) mass is 248 g/mol. The minimum Gasteiger partial charge on any atom is -0.394 e. The quantitative estimate of drug-likeness (QED) is 0.740. The van der Waals surface area contributed by atoms with E-state index in [1.54, 1.807) is 0 Å². The van der Waals surface area contributed by atoms with Gasteiger partial charge in [0.2, 0.25) is 5.91 Å². The summed E-state index contributed by atoms with van der Waals surface area (Å²) in [5, 5.41) is 15.5. The number of nitrogens with one attached hydrogen (secondary N) is 2. The molecule has 1 aliphatic rings. The van der Waals surface area contributed by atoms with Crippen LogP contribution in [0.1, 0.15) is 26.2 Å². The lowest BCUT2D eigenvalue weighted by Gasteiger charge is -2.42. The minimum absolute atomic E-state index is 0.0686. The average Bonchev–Trinajstić information content (AvgIpc) is 2.34. The van der Waals surface area contributed by atoms with Gasteiger partial charge in [0.1, 0.15) is 0 Å². The van der Waals surface area contributed by atoms with Crippen molar-refractivity contribution >= 4 is 11.6 Å². The second-order valence-corrected chi connectivity index (χ2v) is 5.01. The van der Waals surface area contributed by atoms with E-state index >= 15 is 0 Å². The highest BCUT2D eigenvalue weighted by atomic mass is 16.3. The van der Waals surface area contributed by atoms with Crippen LogP contribution in [0.3, 0.4) is 0 Å². The lowest BCUT2D eigenvalue weighted by Crippen LogP contribution is -2.59. The highest BCUT2D eigenvalue weighted by Gasteiger charge is 2.38. The van der Waals surface area contributed by atoms with E-state index in [-0.39, 0.29) is 24.1 Å². The fourth-order valence-electron chi connectivity index (χ4n) is 2.25. The Morgan fingerprint density at radius 1 is 1.39 bits per heavy atom. The number of carbonyl (C=O) groups is 1. The zero-order valence-corrected chi connectivity index (χ0v) is 10.6. The molecule has 1 amide bonds. The zero-order valence-electron chi connectivity index (χ0n) is 10.6. The minimum atomic E-state index is -0.308. The van der Waals surface area contributed by atoms with E-state index in [1.165, 1.54) is 0 Å². The lowest BCUT2D eigenvalue weighted by molar-refractivity contribution is -0.118. The summed E-state index contributed by atoms with van der Waals surface area (Å²) in [5.41, 5.74) is 0.552. The van der Waals surface area contributed by atoms with Gasteiger partial charge >= 0.3 is 0 Å². The lowest BCUT2D eigenvalue weighted by atomic mass is 9.77. The summed E-state index contributed by atoms with van der Waals surface area (Å²) in [6.07, 6.45) is 2.99. The van der Waals surface area contributed by atoms with Crippen molar-refractivity contribution < 1.29 is 9.90 Å². The number of anilines is 1. The zero-order chi connectivity index (χ0) is 13.0. The van der Waals surface area contributed by atoms with Crippen LogP contribution < -0.4 is 10.6 Å². The number of para-hydroxylation sites is 1. The van der Waals surface area contributed by atoms with E-state index in [9.17, 15) is 9.90 Å². The van der Waals surface area contributed by atoms with Gasteiger partial charge in [0.25, 0.3) is 0 Å². The largest absolute Gasteiger partial charge is 0.394 e. The SMILES string of the molecule is CC(NC1(CO)CCC1)C(=O)Nc1ccccc1. The average molecular weight is 248 g/mol. The van der Waals surface area contributed by atoms with Crippen LogP contribution in [0.2, 0.25) is 0 Å². The van der Waals surface area contributed by atoms with E-state index < -0.39 is 0 Å². The number of hydrogen-bond donors (Lipinski definition) is 3. The van der Waals surface area contributed by atoms with Gasteiger partial charge in [-0.2, -0.15) is 0 Å². The van der Waals surface area contributed by atoms with Crippen LogP contribution in [0, 0.1) is 0 Å². The molecule has 0 aromatic heterocycles. The number of aliphatic hydroxyl groups excluding tert-OH is 1. The van der Waals surface area contributed by atoms with E-state index in [4.69, 9.17) is 0 Å². The molecule has 0 heterocycles. The third-order valence-corrected chi connectivity index (χ3v) is 3.57. The highest BCUT2D eigenvalue weighted by molar-refractivity contribution is 5.94. The van der Waals surface area contributed by atoms with Crippen molar-refractivity contribution in [3.8, 4) is 0 Å². The molecule has 0 radical (unpaired) electrons. The van der Waals surface area contributed by atoms with Crippen molar-refractivity contribution in [2.75, 3.05) is 11.9 Å². The van der Waals surface area contributed by atoms with Crippen molar-refractivity contribution in [3.63, 3.8) is 0 Å². The van der Waals surface area contributed by atoms with Crippen LogP contribution in [0.5, 0.6) is 0 Å². The molecule has 1 aromatic rings. The first-order chi connectivity index (χ1) is 8.65. The molecule has 4 heteroatoms. The molecule has 18 heavy (non-hydrogen) atoms. The molecular weight excluding hydrogens is 228 g/mol. The fraction of sp³-hybridized carbons (Fsp3) is 0.500. The van der Waals surface area contributed by atoms with Crippen LogP contribution in [-0.4, -0.2) is 29.2 Å². The molecular formula is C14H20N2O2. The van der Waals surface area contributed by atoms with Gasteiger partial charge in [-0.3, -0.25) is 10.1 Å². The van der Waals surface area contributed by atoms with Gasteiger partial charge in [-0.05, 0) is 38.3 Å². The maximum absolute atomic E-state index is 12.0. The molecule has 0 aliphatic heterocycles. The molecule has 2 rings (SSSR count). The van der Waals surface area contributed by atoms with E-state index in [0.717, 1.165) is 24.9 Å². The van der Waals surface area contributed by atoms with Crippen LogP contribution in [0.4, 0.5) is 5.69 Å². The predicted octanol–water partition coefficient (Wildman–Crippen LogP) is 1.52. The second kappa shape index (κ2) is 5.50. The van der Waals surface area contributed by atoms with Crippen molar-refractivity contribution in [1.82, 2.24) is 5.32 Å². The molecule has 1 saturated carbocycles. The Morgan fingerprint density at radius 2 is 2.06 bits per heavy atom. The number of benzene rings is 1. The van der Waals surface area contributed by atoms with Crippen LogP contribution in [0.15, 0.2) is 30.3 Å². The Hall–Kier alpha value is -1.39. The molecule has 1 unspecified atom stereocenters. The summed E-state index contributed by atoms with van der Waals surface area (Å²) >= 11 is 0. The molecule has 1 aliphatic carbocycles. The third kappa shape index (κ3) is 2.89. The maximum atomic E-state index is 12.0. The Labute approximate surface area is 107 Å². The van der Waals surface area contributed by atoms with E-state index in [0.29, 0.717) is 0 Å². The second-order valence-electron chi connectivity index (χ2n) is 5.01. The van der Waals surface area contributed by atoms with Gasteiger partial charge in [0, 0.05) is 11.2 Å². The van der Waals surface area contributed by atoms with E-state index in [1.807, 2.05) is 37.3 Å². The van der Waals surface area contributed by atoms with Gasteiger partial charge in [0.15, 0.2) is 0 Å². The topological polar surface area (TPSA) is 61.4 Å². The van der Waals surface area contributed by atoms with E-state index in [2.05, 4.69) is 10.6 Å². The normalized spacial score (nSPS) is 18.8. The van der Waals surface area contributed by atoms with Gasteiger partial charge in [-0.15, -0.1) is 0 Å². The first kappa shape index (κ1) is 13.1. The Bertz CT molecular complexity index is 396. The number of carbonyl (C=O) groups excluding carboxylic acids is 1. The molecule has 1 atom stereocenters. The summed E-state index contributed by atoms with van der Waals surface area (Å²) in [4.78, 5) is 12.0. The molecule has 3 N–H and O–H groups in total. The highest BCUT2D eigenvalue weighted by Crippen LogP contribution is 2.31. The van der Waals surface area contributed by atoms with Crippen LogP contribution in [0.25, 0.3) is 0 Å². The van der Waals surface area contributed by atoms with Crippen LogP contribution >= 0.6 is 0 Å². The molecule has 1 fully saturated rings. The number of rotatable bonds is 5. The predicted molar refractivity (Wildman–Crippen MR) is 71.3 cm³/mol. The van der Waals surface area contributed by atoms with Gasteiger partial charge in [0.05, 0.1) is 12.6 Å².